The molecule has 126 valence electrons. The van der Waals surface area contributed by atoms with E-state index in [0.717, 1.165) is 5.56 Å². The van der Waals surface area contributed by atoms with Gasteiger partial charge in [-0.1, -0.05) is 12.1 Å². The highest BCUT2D eigenvalue weighted by Gasteiger charge is 2.09. The Morgan fingerprint density at radius 2 is 1.67 bits per heavy atom. The minimum Gasteiger partial charge on any atom is -0.435 e. The van der Waals surface area contributed by atoms with E-state index in [-0.39, 0.29) is 24.0 Å². The second-order valence-electron chi connectivity index (χ2n) is 4.90. The second kappa shape index (κ2) is 8.05. The van der Waals surface area contributed by atoms with Crippen LogP contribution in [0.5, 0.6) is 5.75 Å². The monoisotopic (exact) mass is 334 g/mol. The van der Waals surface area contributed by atoms with Crippen LogP contribution >= 0.6 is 0 Å². The maximum Gasteiger partial charge on any atom is 0.387 e. The number of ether oxygens (including phenoxy) is 1. The van der Waals surface area contributed by atoms with Crippen LogP contribution < -0.4 is 15.4 Å². The molecule has 0 aliphatic heterocycles. The van der Waals surface area contributed by atoms with Crippen LogP contribution in [0.2, 0.25) is 0 Å². The molecule has 0 fully saturated rings. The summed E-state index contributed by atoms with van der Waals surface area (Å²) in [7, 11) is 1.56. The number of hydrogen-bond acceptors (Lipinski definition) is 3. The van der Waals surface area contributed by atoms with Crippen molar-refractivity contribution in [3.8, 4) is 5.75 Å². The first-order chi connectivity index (χ1) is 11.5. The van der Waals surface area contributed by atoms with E-state index in [4.69, 9.17) is 0 Å². The fourth-order valence-corrected chi connectivity index (χ4v) is 1.97. The number of likely N-dealkylation sites (N-methyl/N-ethyl adjacent to an activating group) is 1. The Morgan fingerprint density at radius 3 is 2.21 bits per heavy atom. The summed E-state index contributed by atoms with van der Waals surface area (Å²) in [5.41, 5.74) is 1.69. The average molecular weight is 334 g/mol. The van der Waals surface area contributed by atoms with Crippen molar-refractivity contribution in [2.24, 2.45) is 0 Å². The van der Waals surface area contributed by atoms with Gasteiger partial charge >= 0.3 is 6.61 Å². The Morgan fingerprint density at radius 1 is 1.04 bits per heavy atom. The number of alkyl halides is 2. The molecule has 0 heterocycles. The van der Waals surface area contributed by atoms with Gasteiger partial charge in [0.25, 0.3) is 5.91 Å². The van der Waals surface area contributed by atoms with Crippen molar-refractivity contribution in [3.63, 3.8) is 0 Å². The van der Waals surface area contributed by atoms with Gasteiger partial charge in [-0.25, -0.2) is 0 Å². The minimum absolute atomic E-state index is 0.0138. The summed E-state index contributed by atoms with van der Waals surface area (Å²) in [6.45, 7) is -2.90. The maximum atomic E-state index is 12.1. The summed E-state index contributed by atoms with van der Waals surface area (Å²) in [4.78, 5) is 23.4. The molecule has 2 aromatic rings. The highest BCUT2D eigenvalue weighted by Crippen LogP contribution is 2.16. The number of carbonyl (C=O) groups is 2. The Bertz CT molecular complexity index is 701. The molecule has 0 spiro atoms. The lowest BCUT2D eigenvalue weighted by Gasteiger charge is -2.08. The van der Waals surface area contributed by atoms with Gasteiger partial charge in [0.1, 0.15) is 5.75 Å². The number of halogens is 2. The van der Waals surface area contributed by atoms with E-state index < -0.39 is 6.61 Å². The summed E-state index contributed by atoms with van der Waals surface area (Å²) >= 11 is 0. The molecule has 5 nitrogen and oxygen atoms in total. The SMILES string of the molecule is CNC(=O)Cc1ccc(NC(=O)c2ccc(OC(F)F)cc2)cc1. The van der Waals surface area contributed by atoms with Crippen LogP contribution in [0.25, 0.3) is 0 Å². The molecule has 0 saturated heterocycles. The standard InChI is InChI=1S/C17H16F2N2O3/c1-20-15(22)10-11-2-6-13(7-3-11)21-16(23)12-4-8-14(9-5-12)24-17(18)19/h2-9,17H,10H2,1H3,(H,20,22)(H,21,23). The van der Waals surface area contributed by atoms with Crippen LogP contribution in [0.4, 0.5) is 14.5 Å². The molecule has 24 heavy (non-hydrogen) atoms. The molecule has 2 amide bonds. The summed E-state index contributed by atoms with van der Waals surface area (Å²) < 4.78 is 28.4. The molecule has 0 atom stereocenters. The van der Waals surface area contributed by atoms with Crippen LogP contribution in [0.3, 0.4) is 0 Å². The first kappa shape index (κ1) is 17.4. The highest BCUT2D eigenvalue weighted by atomic mass is 19.3. The zero-order chi connectivity index (χ0) is 17.5. The zero-order valence-corrected chi connectivity index (χ0v) is 12.9. The quantitative estimate of drug-likeness (QED) is 0.854. The zero-order valence-electron chi connectivity index (χ0n) is 12.9. The third-order valence-corrected chi connectivity index (χ3v) is 3.20. The largest absolute Gasteiger partial charge is 0.435 e. The van der Waals surface area contributed by atoms with Crippen LogP contribution in [-0.2, 0) is 11.2 Å². The Labute approximate surface area is 137 Å². The van der Waals surface area contributed by atoms with Crippen molar-refractivity contribution >= 4 is 17.5 Å². The van der Waals surface area contributed by atoms with Crippen LogP contribution in [-0.4, -0.2) is 25.5 Å². The van der Waals surface area contributed by atoms with Crippen molar-refractivity contribution in [2.45, 2.75) is 13.0 Å². The van der Waals surface area contributed by atoms with Crippen LogP contribution in [0.1, 0.15) is 15.9 Å². The van der Waals surface area contributed by atoms with Gasteiger partial charge in [-0.2, -0.15) is 8.78 Å². The number of rotatable bonds is 6. The molecular weight excluding hydrogens is 318 g/mol. The fourth-order valence-electron chi connectivity index (χ4n) is 1.97. The van der Waals surface area contributed by atoms with Crippen molar-refractivity contribution < 1.29 is 23.1 Å². The molecule has 0 aromatic heterocycles. The van der Waals surface area contributed by atoms with Crippen LogP contribution in [0, 0.1) is 0 Å². The normalized spacial score (nSPS) is 10.3. The predicted molar refractivity (Wildman–Crippen MR) is 85.2 cm³/mol. The Hall–Kier alpha value is -2.96. The van der Waals surface area contributed by atoms with Gasteiger partial charge in [0.05, 0.1) is 6.42 Å². The highest BCUT2D eigenvalue weighted by molar-refractivity contribution is 6.04. The number of benzene rings is 2. The van der Waals surface area contributed by atoms with Crippen molar-refractivity contribution in [3.05, 3.63) is 59.7 Å². The van der Waals surface area contributed by atoms with E-state index in [1.54, 1.807) is 31.3 Å². The number of anilines is 1. The van der Waals surface area contributed by atoms with E-state index in [2.05, 4.69) is 15.4 Å². The summed E-state index contributed by atoms with van der Waals surface area (Å²) in [6, 6.07) is 12.2. The van der Waals surface area contributed by atoms with Gasteiger partial charge in [0, 0.05) is 18.3 Å². The minimum atomic E-state index is -2.90. The van der Waals surface area contributed by atoms with E-state index >= 15 is 0 Å². The third kappa shape index (κ3) is 5.05. The summed E-state index contributed by atoms with van der Waals surface area (Å²) in [5.74, 6) is -0.490. The molecule has 0 aliphatic carbocycles. The first-order valence-corrected chi connectivity index (χ1v) is 7.13. The summed E-state index contributed by atoms with van der Waals surface area (Å²) in [6.07, 6.45) is 0.260. The number of nitrogens with one attached hydrogen (secondary N) is 2. The van der Waals surface area contributed by atoms with Gasteiger partial charge in [0.15, 0.2) is 0 Å². The maximum absolute atomic E-state index is 12.1. The molecular formula is C17H16F2N2O3. The van der Waals surface area contributed by atoms with Gasteiger partial charge in [0.2, 0.25) is 5.91 Å². The Kier molecular flexibility index (Phi) is 5.83. The van der Waals surface area contributed by atoms with Crippen molar-refractivity contribution in [1.82, 2.24) is 5.32 Å². The van der Waals surface area contributed by atoms with E-state index in [0.29, 0.717) is 11.3 Å². The third-order valence-electron chi connectivity index (χ3n) is 3.20. The van der Waals surface area contributed by atoms with Crippen LogP contribution in [0.15, 0.2) is 48.5 Å². The molecule has 2 aromatic carbocycles. The predicted octanol–water partition coefficient (Wildman–Crippen LogP) is 2.83. The lowest BCUT2D eigenvalue weighted by Crippen LogP contribution is -2.19. The van der Waals surface area contributed by atoms with Crippen molar-refractivity contribution in [1.29, 1.82) is 0 Å². The second-order valence-corrected chi connectivity index (χ2v) is 4.90. The van der Waals surface area contributed by atoms with Gasteiger partial charge in [-0.15, -0.1) is 0 Å². The number of hydrogen-bond donors (Lipinski definition) is 2. The van der Waals surface area contributed by atoms with E-state index in [1.165, 1.54) is 24.3 Å². The molecule has 2 N–H and O–H groups in total. The van der Waals surface area contributed by atoms with Gasteiger partial charge in [-0.3, -0.25) is 9.59 Å². The van der Waals surface area contributed by atoms with Gasteiger partial charge < -0.3 is 15.4 Å². The molecule has 0 bridgehead atoms. The molecule has 0 radical (unpaired) electrons. The Balaban J connectivity index is 1.97. The van der Waals surface area contributed by atoms with Gasteiger partial charge in [-0.05, 0) is 42.0 Å². The molecule has 0 unspecified atom stereocenters. The molecule has 0 saturated carbocycles. The first-order valence-electron chi connectivity index (χ1n) is 7.13. The van der Waals surface area contributed by atoms with Crippen molar-refractivity contribution in [2.75, 3.05) is 12.4 Å². The van der Waals surface area contributed by atoms with E-state index in [1.807, 2.05) is 0 Å². The summed E-state index contributed by atoms with van der Waals surface area (Å²) in [5, 5.41) is 5.22. The average Bonchev–Trinajstić information content (AvgIpc) is 2.56. The molecule has 7 heteroatoms. The molecule has 2 rings (SSSR count). The fraction of sp³-hybridized carbons (Fsp3) is 0.176. The van der Waals surface area contributed by atoms with E-state index in [9.17, 15) is 18.4 Å². The topological polar surface area (TPSA) is 67.4 Å². The molecule has 0 aliphatic rings. The number of carbonyl (C=O) groups excluding carboxylic acids is 2. The lowest BCUT2D eigenvalue weighted by molar-refractivity contribution is -0.119. The smallest absolute Gasteiger partial charge is 0.387 e. The number of amides is 2. The lowest BCUT2D eigenvalue weighted by atomic mass is 10.1.